The summed E-state index contributed by atoms with van der Waals surface area (Å²) >= 11 is 0. The van der Waals surface area contributed by atoms with Gasteiger partial charge in [0.15, 0.2) is 0 Å². The highest BCUT2D eigenvalue weighted by molar-refractivity contribution is 5.79. The van der Waals surface area contributed by atoms with Crippen LogP contribution in [-0.4, -0.2) is 25.0 Å². The number of aryl methyl sites for hydroxylation is 1. The second-order valence-electron chi connectivity index (χ2n) is 5.79. The molecule has 1 aliphatic rings. The number of likely N-dealkylation sites (N-methyl/N-ethyl adjacent to an activating group) is 1. The van der Waals surface area contributed by atoms with Crippen molar-refractivity contribution in [3.63, 3.8) is 0 Å². The third kappa shape index (κ3) is 2.84. The summed E-state index contributed by atoms with van der Waals surface area (Å²) in [6, 6.07) is 16.3. The van der Waals surface area contributed by atoms with Crippen molar-refractivity contribution in [3.05, 3.63) is 65.2 Å². The summed E-state index contributed by atoms with van der Waals surface area (Å²) in [6.45, 7) is 0. The number of carbonyl (C=O) groups excluding carboxylic acids is 1. The first kappa shape index (κ1) is 14.6. The lowest BCUT2D eigenvalue weighted by Crippen LogP contribution is -2.31. The molecule has 0 aromatic heterocycles. The molecule has 2 aromatic rings. The zero-order valence-corrected chi connectivity index (χ0v) is 13.1. The van der Waals surface area contributed by atoms with E-state index in [2.05, 4.69) is 24.3 Å². The van der Waals surface area contributed by atoms with Gasteiger partial charge in [0.05, 0.1) is 19.6 Å². The molecule has 0 N–H and O–H groups in total. The van der Waals surface area contributed by atoms with E-state index in [1.54, 1.807) is 7.11 Å². The Labute approximate surface area is 131 Å². The van der Waals surface area contributed by atoms with E-state index in [4.69, 9.17) is 4.74 Å². The molecule has 3 rings (SSSR count). The standard InChI is InChI=1S/C19H21NO2/c1-20(18-11-10-15-7-3-4-9-17(15)18)19(21)13-14-6-5-8-16(12-14)22-2/h3-9,12,18H,10-11,13H2,1-2H3/t18-/m1/s1. The average Bonchev–Trinajstić information content (AvgIpc) is 2.98. The molecule has 0 heterocycles. The highest BCUT2D eigenvalue weighted by Gasteiger charge is 2.28. The third-order valence-electron chi connectivity index (χ3n) is 4.45. The molecule has 0 unspecified atom stereocenters. The quantitative estimate of drug-likeness (QED) is 0.865. The van der Waals surface area contributed by atoms with E-state index in [0.29, 0.717) is 6.42 Å². The highest BCUT2D eigenvalue weighted by Crippen LogP contribution is 2.35. The molecule has 1 amide bonds. The lowest BCUT2D eigenvalue weighted by Gasteiger charge is -2.25. The first-order chi connectivity index (χ1) is 10.7. The van der Waals surface area contributed by atoms with Crippen LogP contribution < -0.4 is 4.74 Å². The van der Waals surface area contributed by atoms with Crippen molar-refractivity contribution in [1.82, 2.24) is 4.90 Å². The van der Waals surface area contributed by atoms with Crippen LogP contribution in [0.2, 0.25) is 0 Å². The lowest BCUT2D eigenvalue weighted by atomic mass is 10.1. The van der Waals surface area contributed by atoms with Gasteiger partial charge in [0.2, 0.25) is 5.91 Å². The zero-order chi connectivity index (χ0) is 15.5. The molecule has 0 bridgehead atoms. The number of fused-ring (bicyclic) bond motifs is 1. The predicted octanol–water partition coefficient (Wildman–Crippen LogP) is 3.38. The van der Waals surface area contributed by atoms with E-state index in [0.717, 1.165) is 24.2 Å². The lowest BCUT2D eigenvalue weighted by molar-refractivity contribution is -0.131. The van der Waals surface area contributed by atoms with Gasteiger partial charge in [-0.2, -0.15) is 0 Å². The first-order valence-electron chi connectivity index (χ1n) is 7.65. The molecule has 0 saturated heterocycles. The molecule has 1 atom stereocenters. The van der Waals surface area contributed by atoms with Crippen molar-refractivity contribution in [2.24, 2.45) is 0 Å². The Morgan fingerprint density at radius 3 is 2.86 bits per heavy atom. The fraction of sp³-hybridized carbons (Fsp3) is 0.316. The number of methoxy groups -OCH3 is 1. The summed E-state index contributed by atoms with van der Waals surface area (Å²) in [4.78, 5) is 14.5. The van der Waals surface area contributed by atoms with Gasteiger partial charge >= 0.3 is 0 Å². The maximum atomic E-state index is 12.6. The molecule has 3 heteroatoms. The van der Waals surface area contributed by atoms with Crippen LogP contribution in [0.3, 0.4) is 0 Å². The van der Waals surface area contributed by atoms with Crippen LogP contribution in [0.15, 0.2) is 48.5 Å². The fourth-order valence-electron chi connectivity index (χ4n) is 3.19. The van der Waals surface area contributed by atoms with Crippen LogP contribution in [0.1, 0.15) is 29.2 Å². The van der Waals surface area contributed by atoms with Crippen molar-refractivity contribution in [2.75, 3.05) is 14.2 Å². The number of hydrogen-bond donors (Lipinski definition) is 0. The van der Waals surface area contributed by atoms with Crippen molar-refractivity contribution < 1.29 is 9.53 Å². The van der Waals surface area contributed by atoms with Crippen LogP contribution in [0, 0.1) is 0 Å². The van der Waals surface area contributed by atoms with Gasteiger partial charge < -0.3 is 9.64 Å². The number of carbonyl (C=O) groups is 1. The van der Waals surface area contributed by atoms with E-state index in [-0.39, 0.29) is 11.9 Å². The van der Waals surface area contributed by atoms with E-state index in [1.165, 1.54) is 11.1 Å². The maximum Gasteiger partial charge on any atom is 0.227 e. The predicted molar refractivity (Wildman–Crippen MR) is 87.0 cm³/mol. The Bertz CT molecular complexity index is 681. The van der Waals surface area contributed by atoms with Crippen molar-refractivity contribution in [3.8, 4) is 5.75 Å². The smallest absolute Gasteiger partial charge is 0.227 e. The molecule has 3 nitrogen and oxygen atoms in total. The first-order valence-corrected chi connectivity index (χ1v) is 7.65. The van der Waals surface area contributed by atoms with Crippen LogP contribution in [0.5, 0.6) is 5.75 Å². The van der Waals surface area contributed by atoms with E-state index < -0.39 is 0 Å². The zero-order valence-electron chi connectivity index (χ0n) is 13.1. The topological polar surface area (TPSA) is 29.5 Å². The van der Waals surface area contributed by atoms with Gasteiger partial charge in [-0.3, -0.25) is 4.79 Å². The summed E-state index contributed by atoms with van der Waals surface area (Å²) in [5.41, 5.74) is 3.65. The third-order valence-corrected chi connectivity index (χ3v) is 4.45. The van der Waals surface area contributed by atoms with Crippen LogP contribution in [-0.2, 0) is 17.6 Å². The molecule has 0 saturated carbocycles. The number of ether oxygens (including phenoxy) is 1. The summed E-state index contributed by atoms with van der Waals surface area (Å²) < 4.78 is 5.22. The minimum absolute atomic E-state index is 0.148. The average molecular weight is 295 g/mol. The molecule has 0 radical (unpaired) electrons. The molecule has 1 aliphatic carbocycles. The van der Waals surface area contributed by atoms with Crippen LogP contribution in [0.4, 0.5) is 0 Å². The number of rotatable bonds is 4. The minimum atomic E-state index is 0.148. The van der Waals surface area contributed by atoms with Gasteiger partial charge in [-0.25, -0.2) is 0 Å². The van der Waals surface area contributed by atoms with Gasteiger partial charge in [-0.05, 0) is 41.7 Å². The minimum Gasteiger partial charge on any atom is -0.497 e. The molecule has 22 heavy (non-hydrogen) atoms. The Morgan fingerprint density at radius 2 is 2.05 bits per heavy atom. The summed E-state index contributed by atoms with van der Waals surface area (Å²) in [5.74, 6) is 0.939. The van der Waals surface area contributed by atoms with E-state index in [9.17, 15) is 4.79 Å². The fourth-order valence-corrected chi connectivity index (χ4v) is 3.19. The van der Waals surface area contributed by atoms with Crippen molar-refractivity contribution in [1.29, 1.82) is 0 Å². The van der Waals surface area contributed by atoms with E-state index >= 15 is 0 Å². The van der Waals surface area contributed by atoms with Gasteiger partial charge in [0, 0.05) is 7.05 Å². The van der Waals surface area contributed by atoms with Gasteiger partial charge in [0.25, 0.3) is 0 Å². The number of benzene rings is 2. The van der Waals surface area contributed by atoms with Crippen molar-refractivity contribution in [2.45, 2.75) is 25.3 Å². The SMILES string of the molecule is COc1cccc(CC(=O)N(C)[C@@H]2CCc3ccccc32)c1. The van der Waals surface area contributed by atoms with Gasteiger partial charge in [0.1, 0.15) is 5.75 Å². The van der Waals surface area contributed by atoms with Crippen molar-refractivity contribution >= 4 is 5.91 Å². The number of nitrogens with zero attached hydrogens (tertiary/aromatic N) is 1. The molecule has 0 fully saturated rings. The molecule has 2 aromatic carbocycles. The summed E-state index contributed by atoms with van der Waals surface area (Å²) in [5, 5.41) is 0. The molecule has 0 spiro atoms. The largest absolute Gasteiger partial charge is 0.497 e. The Balaban J connectivity index is 1.73. The molecule has 0 aliphatic heterocycles. The molecular formula is C19H21NO2. The summed E-state index contributed by atoms with van der Waals surface area (Å²) in [6.07, 6.45) is 2.48. The Hall–Kier alpha value is -2.29. The number of amides is 1. The van der Waals surface area contributed by atoms with E-state index in [1.807, 2.05) is 36.2 Å². The second kappa shape index (κ2) is 6.22. The van der Waals surface area contributed by atoms with Gasteiger partial charge in [-0.15, -0.1) is 0 Å². The number of hydrogen-bond acceptors (Lipinski definition) is 2. The normalized spacial score (nSPS) is 16.2. The summed E-state index contributed by atoms with van der Waals surface area (Å²) in [7, 11) is 3.55. The Morgan fingerprint density at radius 1 is 1.23 bits per heavy atom. The van der Waals surface area contributed by atoms with Gasteiger partial charge in [-0.1, -0.05) is 36.4 Å². The molecule has 114 valence electrons. The second-order valence-corrected chi connectivity index (χ2v) is 5.79. The molecular weight excluding hydrogens is 274 g/mol. The monoisotopic (exact) mass is 295 g/mol. The maximum absolute atomic E-state index is 12.6. The highest BCUT2D eigenvalue weighted by atomic mass is 16.5. The Kier molecular flexibility index (Phi) is 4.14. The van der Waals surface area contributed by atoms with Crippen LogP contribution >= 0.6 is 0 Å². The van der Waals surface area contributed by atoms with Crippen LogP contribution in [0.25, 0.3) is 0 Å².